The highest BCUT2D eigenvalue weighted by Crippen LogP contribution is 2.43. The van der Waals surface area contributed by atoms with Crippen molar-refractivity contribution < 1.29 is 9.47 Å². The van der Waals surface area contributed by atoms with Gasteiger partial charge in [0.1, 0.15) is 23.1 Å². The van der Waals surface area contributed by atoms with Crippen LogP contribution >= 0.6 is 0 Å². The van der Waals surface area contributed by atoms with E-state index in [4.69, 9.17) is 20.9 Å². The highest BCUT2D eigenvalue weighted by atomic mass is 16.5. The van der Waals surface area contributed by atoms with Crippen molar-refractivity contribution in [3.05, 3.63) is 65.0 Å². The Kier molecular flexibility index (Phi) is 4.30. The maximum absolute atomic E-state index is 9.56. The molecule has 2 aromatic rings. The molecular formula is C19H19N3O2. The number of anilines is 1. The Hall–Kier alpha value is -3.13. The van der Waals surface area contributed by atoms with Crippen LogP contribution in [0.15, 0.2) is 53.9 Å². The Morgan fingerprint density at radius 2 is 2.04 bits per heavy atom. The monoisotopic (exact) mass is 321 g/mol. The van der Waals surface area contributed by atoms with Gasteiger partial charge in [-0.2, -0.15) is 5.26 Å². The van der Waals surface area contributed by atoms with E-state index in [-0.39, 0.29) is 11.8 Å². The third kappa shape index (κ3) is 2.86. The minimum absolute atomic E-state index is 0.112. The van der Waals surface area contributed by atoms with Gasteiger partial charge < -0.3 is 20.9 Å². The van der Waals surface area contributed by atoms with Crippen molar-refractivity contribution in [1.82, 2.24) is 0 Å². The van der Waals surface area contributed by atoms with Crippen LogP contribution in [0.5, 0.6) is 11.5 Å². The molecule has 0 bridgehead atoms. The number of nitriles is 1. The predicted octanol–water partition coefficient (Wildman–Crippen LogP) is 3.28. The van der Waals surface area contributed by atoms with E-state index in [0.717, 1.165) is 23.3 Å². The molecule has 24 heavy (non-hydrogen) atoms. The van der Waals surface area contributed by atoms with Crippen LogP contribution in [-0.2, 0) is 0 Å². The van der Waals surface area contributed by atoms with Gasteiger partial charge in [0.25, 0.3) is 0 Å². The third-order valence-electron chi connectivity index (χ3n) is 3.91. The molecule has 1 aliphatic rings. The van der Waals surface area contributed by atoms with Crippen LogP contribution in [-0.4, -0.2) is 6.61 Å². The van der Waals surface area contributed by atoms with Gasteiger partial charge in [-0.15, -0.1) is 0 Å². The average Bonchev–Trinajstić information content (AvgIpc) is 2.58. The van der Waals surface area contributed by atoms with Crippen molar-refractivity contribution in [2.75, 3.05) is 12.3 Å². The van der Waals surface area contributed by atoms with Crippen LogP contribution in [0.3, 0.4) is 0 Å². The lowest BCUT2D eigenvalue weighted by molar-refractivity contribution is 0.317. The smallest absolute Gasteiger partial charge is 0.205 e. The largest absolute Gasteiger partial charge is 0.494 e. The van der Waals surface area contributed by atoms with Gasteiger partial charge >= 0.3 is 0 Å². The van der Waals surface area contributed by atoms with Crippen molar-refractivity contribution in [3.63, 3.8) is 0 Å². The summed E-state index contributed by atoms with van der Waals surface area (Å²) in [5.74, 6) is 1.16. The standard InChI is InChI=1S/C19H19N3O2/c1-2-8-23-14-5-3-4-12(9-14)18-15-7-6-13(21)10-17(15)24-19(22)16(18)11-20/h3-7,9-10,18H,2,8,21-22H2,1H3/t18-/m1/s1. The maximum Gasteiger partial charge on any atom is 0.205 e. The van der Waals surface area contributed by atoms with Gasteiger partial charge in [0, 0.05) is 17.3 Å². The normalized spacial score (nSPS) is 16.1. The second kappa shape index (κ2) is 6.55. The van der Waals surface area contributed by atoms with Crippen LogP contribution in [0.2, 0.25) is 0 Å². The summed E-state index contributed by atoms with van der Waals surface area (Å²) in [4.78, 5) is 0. The number of nitrogens with two attached hydrogens (primary N) is 2. The van der Waals surface area contributed by atoms with E-state index in [0.29, 0.717) is 23.6 Å². The molecular weight excluding hydrogens is 302 g/mol. The number of hydrogen-bond donors (Lipinski definition) is 2. The summed E-state index contributed by atoms with van der Waals surface area (Å²) in [5.41, 5.74) is 14.6. The quantitative estimate of drug-likeness (QED) is 0.843. The van der Waals surface area contributed by atoms with Gasteiger partial charge in [0.2, 0.25) is 5.88 Å². The molecule has 3 rings (SSSR count). The molecule has 0 aromatic heterocycles. The van der Waals surface area contributed by atoms with Gasteiger partial charge in [0.15, 0.2) is 0 Å². The fourth-order valence-electron chi connectivity index (χ4n) is 2.82. The van der Waals surface area contributed by atoms with Crippen molar-refractivity contribution in [2.45, 2.75) is 19.3 Å². The fraction of sp³-hybridized carbons (Fsp3) is 0.211. The van der Waals surface area contributed by atoms with E-state index in [9.17, 15) is 5.26 Å². The molecule has 0 radical (unpaired) electrons. The highest BCUT2D eigenvalue weighted by Gasteiger charge is 2.30. The zero-order valence-electron chi connectivity index (χ0n) is 13.5. The molecule has 0 aliphatic carbocycles. The fourth-order valence-corrected chi connectivity index (χ4v) is 2.82. The third-order valence-corrected chi connectivity index (χ3v) is 3.91. The zero-order valence-corrected chi connectivity index (χ0v) is 13.5. The van der Waals surface area contributed by atoms with Crippen LogP contribution in [0.4, 0.5) is 5.69 Å². The molecule has 0 fully saturated rings. The highest BCUT2D eigenvalue weighted by molar-refractivity contribution is 5.59. The van der Waals surface area contributed by atoms with Crippen LogP contribution in [0, 0.1) is 11.3 Å². The summed E-state index contributed by atoms with van der Waals surface area (Å²) in [6.45, 7) is 2.70. The molecule has 1 atom stereocenters. The Bertz CT molecular complexity index is 837. The first kappa shape index (κ1) is 15.8. The van der Waals surface area contributed by atoms with Crippen LogP contribution in [0.25, 0.3) is 0 Å². The van der Waals surface area contributed by atoms with Gasteiger partial charge in [0.05, 0.1) is 12.5 Å². The first-order valence-corrected chi connectivity index (χ1v) is 7.83. The number of hydrogen-bond acceptors (Lipinski definition) is 5. The topological polar surface area (TPSA) is 94.3 Å². The van der Waals surface area contributed by atoms with E-state index >= 15 is 0 Å². The van der Waals surface area contributed by atoms with E-state index in [1.54, 1.807) is 12.1 Å². The van der Waals surface area contributed by atoms with Crippen LogP contribution < -0.4 is 20.9 Å². The minimum Gasteiger partial charge on any atom is -0.494 e. The van der Waals surface area contributed by atoms with E-state index < -0.39 is 0 Å². The summed E-state index contributed by atoms with van der Waals surface area (Å²) < 4.78 is 11.3. The van der Waals surface area contributed by atoms with E-state index in [1.807, 2.05) is 30.3 Å². The lowest BCUT2D eigenvalue weighted by atomic mass is 9.83. The Balaban J connectivity index is 2.10. The lowest BCUT2D eigenvalue weighted by Crippen LogP contribution is -2.21. The molecule has 2 aromatic carbocycles. The van der Waals surface area contributed by atoms with Crippen molar-refractivity contribution in [1.29, 1.82) is 5.26 Å². The summed E-state index contributed by atoms with van der Waals surface area (Å²) in [6.07, 6.45) is 0.930. The number of nitrogen functional groups attached to an aromatic ring is 1. The molecule has 0 amide bonds. The van der Waals surface area contributed by atoms with E-state index in [1.165, 1.54) is 0 Å². The number of benzene rings is 2. The number of fused-ring (bicyclic) bond motifs is 1. The molecule has 5 nitrogen and oxygen atoms in total. The zero-order chi connectivity index (χ0) is 17.1. The molecule has 0 saturated heterocycles. The number of allylic oxidation sites excluding steroid dienone is 1. The second-order valence-corrected chi connectivity index (χ2v) is 5.64. The molecule has 1 heterocycles. The van der Waals surface area contributed by atoms with Gasteiger partial charge in [-0.05, 0) is 30.2 Å². The number of nitrogens with zero attached hydrogens (tertiary/aromatic N) is 1. The summed E-state index contributed by atoms with van der Waals surface area (Å²) in [5, 5.41) is 9.56. The second-order valence-electron chi connectivity index (χ2n) is 5.64. The molecule has 4 N–H and O–H groups in total. The van der Waals surface area contributed by atoms with Crippen molar-refractivity contribution in [3.8, 4) is 17.6 Å². The number of rotatable bonds is 4. The number of ether oxygens (including phenoxy) is 2. The van der Waals surface area contributed by atoms with Crippen molar-refractivity contribution >= 4 is 5.69 Å². The molecule has 1 aliphatic heterocycles. The predicted molar refractivity (Wildman–Crippen MR) is 92.4 cm³/mol. The average molecular weight is 321 g/mol. The molecule has 0 saturated carbocycles. The van der Waals surface area contributed by atoms with Gasteiger partial charge in [-0.1, -0.05) is 25.1 Å². The minimum atomic E-state index is -0.301. The van der Waals surface area contributed by atoms with E-state index in [2.05, 4.69) is 13.0 Å². The summed E-state index contributed by atoms with van der Waals surface area (Å²) >= 11 is 0. The Labute approximate surface area is 141 Å². The Morgan fingerprint density at radius 1 is 1.21 bits per heavy atom. The van der Waals surface area contributed by atoms with Gasteiger partial charge in [-0.25, -0.2) is 0 Å². The molecule has 5 heteroatoms. The van der Waals surface area contributed by atoms with Gasteiger partial charge in [-0.3, -0.25) is 0 Å². The SMILES string of the molecule is CCCOc1cccc([C@H]2C(C#N)=C(N)Oc3cc(N)ccc32)c1. The first-order chi connectivity index (χ1) is 11.6. The molecule has 122 valence electrons. The van der Waals surface area contributed by atoms with Crippen molar-refractivity contribution in [2.24, 2.45) is 5.73 Å². The molecule has 0 spiro atoms. The van der Waals surface area contributed by atoms with Crippen LogP contribution in [0.1, 0.15) is 30.4 Å². The summed E-state index contributed by atoms with van der Waals surface area (Å²) in [6, 6.07) is 15.3. The lowest BCUT2D eigenvalue weighted by Gasteiger charge is -2.26. The summed E-state index contributed by atoms with van der Waals surface area (Å²) in [7, 11) is 0. The Morgan fingerprint density at radius 3 is 2.79 bits per heavy atom. The molecule has 0 unspecified atom stereocenters. The first-order valence-electron chi connectivity index (χ1n) is 7.83. The maximum atomic E-state index is 9.56.